The first kappa shape index (κ1) is 21.6. The van der Waals surface area contributed by atoms with E-state index in [2.05, 4.69) is 26.7 Å². The average Bonchev–Trinajstić information content (AvgIpc) is 3.23. The second-order valence-corrected chi connectivity index (χ2v) is 8.27. The lowest BCUT2D eigenvalue weighted by molar-refractivity contribution is 0.102. The lowest BCUT2D eigenvalue weighted by atomic mass is 10.1. The molecule has 0 aliphatic heterocycles. The summed E-state index contributed by atoms with van der Waals surface area (Å²) < 4.78 is 2.07. The highest BCUT2D eigenvalue weighted by Gasteiger charge is 2.14. The third kappa shape index (κ3) is 4.98. The van der Waals surface area contributed by atoms with E-state index in [9.17, 15) is 4.79 Å². The van der Waals surface area contributed by atoms with E-state index in [1.807, 2.05) is 91.9 Å². The van der Waals surface area contributed by atoms with Crippen LogP contribution in [0.5, 0.6) is 0 Å². The summed E-state index contributed by atoms with van der Waals surface area (Å²) in [6, 6.07) is 25.4. The molecule has 1 aromatic heterocycles. The van der Waals surface area contributed by atoms with Gasteiger partial charge in [-0.15, -0.1) is 16.8 Å². The van der Waals surface area contributed by atoms with Crippen molar-refractivity contribution in [2.24, 2.45) is 0 Å². The van der Waals surface area contributed by atoms with Gasteiger partial charge in [0.2, 0.25) is 0 Å². The van der Waals surface area contributed by atoms with Gasteiger partial charge in [-0.25, -0.2) is 0 Å². The number of allylic oxidation sites excluding steroid dienone is 1. The fourth-order valence-corrected chi connectivity index (χ4v) is 4.20. The van der Waals surface area contributed by atoms with E-state index < -0.39 is 0 Å². The van der Waals surface area contributed by atoms with Crippen molar-refractivity contribution in [3.05, 3.63) is 108 Å². The number of hydrogen-bond acceptors (Lipinski definition) is 4. The van der Waals surface area contributed by atoms with E-state index in [1.54, 1.807) is 11.8 Å². The Labute approximate surface area is 192 Å². The predicted octanol–water partition coefficient (Wildman–Crippen LogP) is 5.98. The van der Waals surface area contributed by atoms with Gasteiger partial charge < -0.3 is 5.32 Å². The normalized spacial score (nSPS) is 10.7. The molecule has 1 amide bonds. The lowest BCUT2D eigenvalue weighted by Gasteiger charge is -2.09. The van der Waals surface area contributed by atoms with Crippen LogP contribution in [0.25, 0.3) is 11.4 Å². The van der Waals surface area contributed by atoms with Gasteiger partial charge in [-0.2, -0.15) is 0 Å². The van der Waals surface area contributed by atoms with Gasteiger partial charge in [0.15, 0.2) is 11.0 Å². The van der Waals surface area contributed by atoms with E-state index in [-0.39, 0.29) is 5.91 Å². The summed E-state index contributed by atoms with van der Waals surface area (Å²) in [6.07, 6.45) is 1.85. The molecule has 5 nitrogen and oxygen atoms in total. The number of nitrogens with one attached hydrogen (secondary N) is 1. The molecular formula is C26H24N4OS. The van der Waals surface area contributed by atoms with Crippen LogP contribution in [0.3, 0.4) is 0 Å². The maximum absolute atomic E-state index is 12.6. The van der Waals surface area contributed by atoms with Crippen molar-refractivity contribution in [2.75, 3.05) is 5.32 Å². The van der Waals surface area contributed by atoms with Crippen LogP contribution in [0.4, 0.5) is 5.69 Å². The number of carbonyl (C=O) groups is 1. The Bertz CT molecular complexity index is 1220. The topological polar surface area (TPSA) is 59.8 Å². The molecule has 4 aromatic rings. The van der Waals surface area contributed by atoms with Crippen LogP contribution in [0, 0.1) is 6.92 Å². The first-order chi connectivity index (χ1) is 15.7. The molecular weight excluding hydrogens is 416 g/mol. The van der Waals surface area contributed by atoms with Gasteiger partial charge in [0, 0.05) is 29.1 Å². The molecule has 3 aromatic carbocycles. The van der Waals surface area contributed by atoms with Crippen LogP contribution in [0.15, 0.2) is 96.7 Å². The molecule has 0 aliphatic rings. The fourth-order valence-electron chi connectivity index (χ4n) is 3.30. The molecule has 1 N–H and O–H groups in total. The highest BCUT2D eigenvalue weighted by Crippen LogP contribution is 2.26. The minimum Gasteiger partial charge on any atom is -0.322 e. The number of hydrogen-bond donors (Lipinski definition) is 1. The molecule has 0 saturated heterocycles. The number of nitrogens with zero attached hydrogens (tertiary/aromatic N) is 3. The number of benzene rings is 3. The van der Waals surface area contributed by atoms with Gasteiger partial charge in [0.05, 0.1) is 0 Å². The van der Waals surface area contributed by atoms with Gasteiger partial charge in [0.25, 0.3) is 5.91 Å². The summed E-state index contributed by atoms with van der Waals surface area (Å²) in [5.74, 6) is 1.44. The van der Waals surface area contributed by atoms with E-state index in [0.29, 0.717) is 12.1 Å². The van der Waals surface area contributed by atoms with E-state index >= 15 is 0 Å². The maximum Gasteiger partial charge on any atom is 0.255 e. The van der Waals surface area contributed by atoms with Crippen molar-refractivity contribution in [3.8, 4) is 11.4 Å². The van der Waals surface area contributed by atoms with Crippen molar-refractivity contribution in [1.29, 1.82) is 0 Å². The first-order valence-electron chi connectivity index (χ1n) is 10.3. The van der Waals surface area contributed by atoms with Crippen molar-refractivity contribution in [3.63, 3.8) is 0 Å². The minimum atomic E-state index is -0.114. The Balaban J connectivity index is 1.43. The molecule has 0 bridgehead atoms. The van der Waals surface area contributed by atoms with Crippen molar-refractivity contribution < 1.29 is 4.79 Å². The molecule has 1 heterocycles. The van der Waals surface area contributed by atoms with Crippen molar-refractivity contribution in [2.45, 2.75) is 24.4 Å². The van der Waals surface area contributed by atoms with Crippen LogP contribution >= 0.6 is 11.8 Å². The molecule has 160 valence electrons. The third-order valence-electron chi connectivity index (χ3n) is 5.04. The van der Waals surface area contributed by atoms with Gasteiger partial charge in [-0.3, -0.25) is 9.36 Å². The number of aryl methyl sites for hydroxylation is 1. The zero-order valence-electron chi connectivity index (χ0n) is 17.9. The van der Waals surface area contributed by atoms with Gasteiger partial charge in [0.1, 0.15) is 0 Å². The standard InChI is InChI=1S/C26H24N4OS/c1-3-17-30-24(21-10-5-4-6-11-21)28-29-26(30)32-18-20-13-15-22(16-14-20)25(31)27-23-12-8-7-9-19(23)2/h3-16H,1,17-18H2,2H3,(H,27,31). The quantitative estimate of drug-likeness (QED) is 0.270. The SMILES string of the molecule is C=CCn1c(SCc2ccc(C(=O)Nc3ccccc3C)cc2)nnc1-c1ccccc1. The predicted molar refractivity (Wildman–Crippen MR) is 131 cm³/mol. The number of carbonyl (C=O) groups excluding carboxylic acids is 1. The number of amides is 1. The monoisotopic (exact) mass is 440 g/mol. The van der Waals surface area contributed by atoms with Gasteiger partial charge in [-0.05, 0) is 36.2 Å². The Hall–Kier alpha value is -3.64. The number of aromatic nitrogens is 3. The molecule has 0 aliphatic carbocycles. The number of thioether (sulfide) groups is 1. The zero-order chi connectivity index (χ0) is 22.3. The second-order valence-electron chi connectivity index (χ2n) is 7.33. The summed E-state index contributed by atoms with van der Waals surface area (Å²) in [5.41, 5.74) is 4.62. The van der Waals surface area contributed by atoms with Crippen molar-refractivity contribution in [1.82, 2.24) is 14.8 Å². The maximum atomic E-state index is 12.6. The average molecular weight is 441 g/mol. The summed E-state index contributed by atoms with van der Waals surface area (Å²) in [5, 5.41) is 12.6. The number of anilines is 1. The first-order valence-corrected chi connectivity index (χ1v) is 11.3. The second kappa shape index (κ2) is 10.1. The van der Waals surface area contributed by atoms with Crippen LogP contribution in [0.1, 0.15) is 21.5 Å². The van der Waals surface area contributed by atoms with E-state index in [0.717, 1.165) is 39.1 Å². The van der Waals surface area contributed by atoms with E-state index in [1.165, 1.54) is 0 Å². The smallest absolute Gasteiger partial charge is 0.255 e. The largest absolute Gasteiger partial charge is 0.322 e. The highest BCUT2D eigenvalue weighted by atomic mass is 32.2. The Morgan fingerprint density at radius 3 is 2.44 bits per heavy atom. The van der Waals surface area contributed by atoms with Gasteiger partial charge in [-0.1, -0.05) is 78.5 Å². The van der Waals surface area contributed by atoms with Crippen LogP contribution in [-0.2, 0) is 12.3 Å². The van der Waals surface area contributed by atoms with Crippen LogP contribution < -0.4 is 5.32 Å². The van der Waals surface area contributed by atoms with Crippen LogP contribution in [0.2, 0.25) is 0 Å². The molecule has 0 atom stereocenters. The zero-order valence-corrected chi connectivity index (χ0v) is 18.7. The van der Waals surface area contributed by atoms with Crippen molar-refractivity contribution >= 4 is 23.4 Å². The van der Waals surface area contributed by atoms with Gasteiger partial charge >= 0.3 is 0 Å². The molecule has 0 saturated carbocycles. The highest BCUT2D eigenvalue weighted by molar-refractivity contribution is 7.98. The third-order valence-corrected chi connectivity index (χ3v) is 6.08. The minimum absolute atomic E-state index is 0.114. The summed E-state index contributed by atoms with van der Waals surface area (Å²) in [4.78, 5) is 12.6. The molecule has 0 spiro atoms. The number of rotatable bonds is 8. The van der Waals surface area contributed by atoms with Crippen LogP contribution in [-0.4, -0.2) is 20.7 Å². The summed E-state index contributed by atoms with van der Waals surface area (Å²) in [7, 11) is 0. The Morgan fingerprint density at radius 2 is 1.72 bits per heavy atom. The van der Waals surface area contributed by atoms with E-state index in [4.69, 9.17) is 0 Å². The Kier molecular flexibility index (Phi) is 6.82. The molecule has 0 unspecified atom stereocenters. The number of para-hydroxylation sites is 1. The Morgan fingerprint density at radius 1 is 1.00 bits per heavy atom. The summed E-state index contributed by atoms with van der Waals surface area (Å²) >= 11 is 1.62. The molecule has 4 rings (SSSR count). The lowest BCUT2D eigenvalue weighted by Crippen LogP contribution is -2.12. The molecule has 6 heteroatoms. The molecule has 0 fully saturated rings. The fraction of sp³-hybridized carbons (Fsp3) is 0.115. The molecule has 0 radical (unpaired) electrons. The summed E-state index contributed by atoms with van der Waals surface area (Å²) in [6.45, 7) is 6.48. The molecule has 32 heavy (non-hydrogen) atoms.